The minimum atomic E-state index is -0.379. The Morgan fingerprint density at radius 3 is 2.00 bits per heavy atom. The van der Waals surface area contributed by atoms with Gasteiger partial charge >= 0.3 is 7.12 Å². The van der Waals surface area contributed by atoms with Gasteiger partial charge in [-0.15, -0.1) is 0 Å². The van der Waals surface area contributed by atoms with Crippen molar-refractivity contribution in [1.29, 1.82) is 0 Å². The number of hydrogen-bond donors (Lipinski definition) is 1. The molecule has 0 saturated carbocycles. The minimum Gasteiger partial charge on any atom is -0.400 e. The van der Waals surface area contributed by atoms with Crippen LogP contribution in [0, 0.1) is 20.8 Å². The molecule has 22 heavy (non-hydrogen) atoms. The van der Waals surface area contributed by atoms with E-state index in [1.54, 1.807) is 0 Å². The summed E-state index contributed by atoms with van der Waals surface area (Å²) in [5, 5.41) is 0. The Kier molecular flexibility index (Phi) is 4.58. The predicted molar refractivity (Wildman–Crippen MR) is 93.8 cm³/mol. The van der Waals surface area contributed by atoms with Crippen molar-refractivity contribution in [2.24, 2.45) is 5.73 Å². The van der Waals surface area contributed by atoms with Crippen LogP contribution in [0.5, 0.6) is 0 Å². The number of aryl methyl sites for hydroxylation is 3. The summed E-state index contributed by atoms with van der Waals surface area (Å²) in [7, 11) is -0.379. The first-order chi connectivity index (χ1) is 10.1. The largest absolute Gasteiger partial charge is 0.491 e. The van der Waals surface area contributed by atoms with E-state index in [-0.39, 0.29) is 18.3 Å². The molecule has 1 fully saturated rings. The molecule has 0 radical (unpaired) electrons. The van der Waals surface area contributed by atoms with Gasteiger partial charge < -0.3 is 15.0 Å². The van der Waals surface area contributed by atoms with Gasteiger partial charge in [0.2, 0.25) is 0 Å². The van der Waals surface area contributed by atoms with Crippen molar-refractivity contribution in [2.45, 2.75) is 59.7 Å². The Morgan fingerprint density at radius 2 is 1.50 bits per heavy atom. The van der Waals surface area contributed by atoms with Crippen LogP contribution in [0.25, 0.3) is 6.08 Å². The number of nitrogens with two attached hydrogens (primary N) is 1. The topological polar surface area (TPSA) is 44.5 Å². The van der Waals surface area contributed by atoms with Crippen LogP contribution in [-0.2, 0) is 9.31 Å². The molecule has 1 aliphatic heterocycles. The van der Waals surface area contributed by atoms with E-state index in [0.717, 1.165) is 5.47 Å². The first-order valence-electron chi connectivity index (χ1n) is 7.91. The molecule has 0 amide bonds. The van der Waals surface area contributed by atoms with Gasteiger partial charge in [0.1, 0.15) is 0 Å². The molecule has 0 bridgehead atoms. The Bertz CT molecular complexity index is 589. The fraction of sp³-hybridized carbons (Fsp3) is 0.556. The highest BCUT2D eigenvalue weighted by Crippen LogP contribution is 2.38. The van der Waals surface area contributed by atoms with Crippen LogP contribution in [0.1, 0.15) is 49.9 Å². The molecule has 0 spiro atoms. The third-order valence-corrected chi connectivity index (χ3v) is 5.01. The summed E-state index contributed by atoms with van der Waals surface area (Å²) in [6.07, 6.45) is 2.11. The van der Waals surface area contributed by atoms with Crippen molar-refractivity contribution in [2.75, 3.05) is 6.54 Å². The van der Waals surface area contributed by atoms with Crippen molar-refractivity contribution in [3.8, 4) is 0 Å². The molecule has 1 saturated heterocycles. The Balaban J connectivity index is 2.36. The third kappa shape index (κ3) is 3.14. The van der Waals surface area contributed by atoms with Crippen LogP contribution < -0.4 is 5.73 Å². The van der Waals surface area contributed by atoms with Crippen LogP contribution in [0.3, 0.4) is 0 Å². The SMILES string of the molecule is Cc1cc(C)c(C=C(CN)B2OC(C)(C)C(C)(C)O2)cc1C. The normalized spacial score (nSPS) is 20.5. The molecule has 1 heterocycles. The van der Waals surface area contributed by atoms with Gasteiger partial charge in [-0.25, -0.2) is 0 Å². The second-order valence-corrected chi connectivity index (χ2v) is 7.30. The summed E-state index contributed by atoms with van der Waals surface area (Å²) in [6.45, 7) is 15.0. The number of rotatable bonds is 3. The third-order valence-electron chi connectivity index (χ3n) is 5.01. The van der Waals surface area contributed by atoms with Crippen molar-refractivity contribution in [1.82, 2.24) is 0 Å². The standard InChI is InChI=1S/C18H28BNO2/c1-12-8-14(3)15(9-13(12)2)10-16(11-20)19-21-17(4,5)18(6,7)22-19/h8-10H,11,20H2,1-7H3. The van der Waals surface area contributed by atoms with Crippen LogP contribution in [0.2, 0.25) is 0 Å². The summed E-state index contributed by atoms with van der Waals surface area (Å²) < 4.78 is 12.2. The maximum absolute atomic E-state index is 6.11. The van der Waals surface area contributed by atoms with E-state index in [2.05, 4.69) is 66.7 Å². The van der Waals surface area contributed by atoms with Gasteiger partial charge in [-0.05, 0) is 76.2 Å². The van der Waals surface area contributed by atoms with Crippen molar-refractivity contribution in [3.63, 3.8) is 0 Å². The average Bonchev–Trinajstić information content (AvgIpc) is 2.61. The smallest absolute Gasteiger partial charge is 0.400 e. The van der Waals surface area contributed by atoms with Gasteiger partial charge in [-0.3, -0.25) is 0 Å². The van der Waals surface area contributed by atoms with Crippen LogP contribution in [-0.4, -0.2) is 24.9 Å². The monoisotopic (exact) mass is 301 g/mol. The zero-order valence-corrected chi connectivity index (χ0v) is 14.9. The molecule has 1 aliphatic rings. The molecule has 4 heteroatoms. The molecular weight excluding hydrogens is 273 g/mol. The van der Waals surface area contributed by atoms with Gasteiger partial charge in [-0.1, -0.05) is 18.2 Å². The lowest BCUT2D eigenvalue weighted by molar-refractivity contribution is 0.00578. The highest BCUT2D eigenvalue weighted by atomic mass is 16.7. The lowest BCUT2D eigenvalue weighted by Gasteiger charge is -2.32. The Labute approximate surface area is 135 Å². The molecular formula is C18H28BNO2. The van der Waals surface area contributed by atoms with Gasteiger partial charge in [0.15, 0.2) is 0 Å². The molecule has 1 aromatic rings. The predicted octanol–water partition coefficient (Wildman–Crippen LogP) is 3.59. The molecule has 2 N–H and O–H groups in total. The van der Waals surface area contributed by atoms with E-state index in [9.17, 15) is 0 Å². The first-order valence-corrected chi connectivity index (χ1v) is 7.91. The van der Waals surface area contributed by atoms with Crippen LogP contribution in [0.15, 0.2) is 17.6 Å². The lowest BCUT2D eigenvalue weighted by atomic mass is 9.76. The summed E-state index contributed by atoms with van der Waals surface area (Å²) in [4.78, 5) is 0. The average molecular weight is 301 g/mol. The number of hydrogen-bond acceptors (Lipinski definition) is 3. The fourth-order valence-corrected chi connectivity index (χ4v) is 2.56. The molecule has 0 atom stereocenters. The fourth-order valence-electron chi connectivity index (χ4n) is 2.56. The molecule has 3 nitrogen and oxygen atoms in total. The Hall–Kier alpha value is -1.10. The summed E-state index contributed by atoms with van der Waals surface area (Å²) in [5.74, 6) is 0. The van der Waals surface area contributed by atoms with Crippen molar-refractivity contribution in [3.05, 3.63) is 39.9 Å². The van der Waals surface area contributed by atoms with Crippen LogP contribution in [0.4, 0.5) is 0 Å². The van der Waals surface area contributed by atoms with Gasteiger partial charge in [0.25, 0.3) is 0 Å². The van der Waals surface area contributed by atoms with E-state index in [1.807, 2.05) is 0 Å². The summed E-state index contributed by atoms with van der Waals surface area (Å²) >= 11 is 0. The molecule has 0 aliphatic carbocycles. The van der Waals surface area contributed by atoms with Crippen LogP contribution >= 0.6 is 0 Å². The second-order valence-electron chi connectivity index (χ2n) is 7.30. The van der Waals surface area contributed by atoms with Gasteiger partial charge in [-0.2, -0.15) is 0 Å². The zero-order chi connectivity index (χ0) is 16.7. The van der Waals surface area contributed by atoms with E-state index in [1.165, 1.54) is 22.3 Å². The molecule has 1 aromatic carbocycles. The lowest BCUT2D eigenvalue weighted by Crippen LogP contribution is -2.41. The zero-order valence-electron chi connectivity index (χ0n) is 14.9. The quantitative estimate of drug-likeness (QED) is 0.868. The first kappa shape index (κ1) is 17.3. The summed E-state index contributed by atoms with van der Waals surface area (Å²) in [5.41, 5.74) is 11.3. The molecule has 120 valence electrons. The highest BCUT2D eigenvalue weighted by molar-refractivity contribution is 6.55. The maximum Gasteiger partial charge on any atom is 0.491 e. The van der Waals surface area contributed by atoms with E-state index < -0.39 is 0 Å². The number of benzene rings is 1. The van der Waals surface area contributed by atoms with E-state index in [0.29, 0.717) is 6.54 Å². The van der Waals surface area contributed by atoms with E-state index >= 15 is 0 Å². The molecule has 0 aromatic heterocycles. The highest BCUT2D eigenvalue weighted by Gasteiger charge is 2.52. The van der Waals surface area contributed by atoms with Gasteiger partial charge in [0, 0.05) is 6.54 Å². The minimum absolute atomic E-state index is 0.343. The Morgan fingerprint density at radius 1 is 1.00 bits per heavy atom. The van der Waals surface area contributed by atoms with Crippen molar-refractivity contribution >= 4 is 13.2 Å². The molecule has 0 unspecified atom stereocenters. The molecule has 2 rings (SSSR count). The second kappa shape index (κ2) is 5.84. The van der Waals surface area contributed by atoms with Gasteiger partial charge in [0.05, 0.1) is 11.2 Å². The van der Waals surface area contributed by atoms with E-state index in [4.69, 9.17) is 15.0 Å². The van der Waals surface area contributed by atoms with Crippen molar-refractivity contribution < 1.29 is 9.31 Å². The summed E-state index contributed by atoms with van der Waals surface area (Å²) in [6, 6.07) is 4.41. The maximum atomic E-state index is 6.11.